The van der Waals surface area contributed by atoms with Gasteiger partial charge in [0.15, 0.2) is 0 Å². The third-order valence-electron chi connectivity index (χ3n) is 3.40. The molecule has 0 aliphatic heterocycles. The molecule has 0 aliphatic carbocycles. The molecular weight excluding hydrogens is 308 g/mol. The third-order valence-corrected chi connectivity index (χ3v) is 3.71. The first-order valence-electron chi connectivity index (χ1n) is 7.41. The first-order valence-corrected chi connectivity index (χ1v) is 7.79. The Balaban J connectivity index is 1.71. The van der Waals surface area contributed by atoms with Gasteiger partial charge in [0, 0.05) is 6.07 Å². The average Bonchev–Trinajstić information content (AvgIpc) is 2.58. The van der Waals surface area contributed by atoms with Crippen LogP contribution >= 0.6 is 11.6 Å². The number of aryl methyl sites for hydroxylation is 1. The molecule has 3 aromatic rings. The van der Waals surface area contributed by atoms with Crippen LogP contribution in [0, 0.1) is 6.92 Å². The summed E-state index contributed by atoms with van der Waals surface area (Å²) in [6, 6.07) is 23.3. The largest absolute Gasteiger partial charge is 0.487 e. The van der Waals surface area contributed by atoms with Gasteiger partial charge in [-0.15, -0.1) is 0 Å². The molecule has 0 aromatic heterocycles. The van der Waals surface area contributed by atoms with Crippen molar-refractivity contribution < 1.29 is 9.47 Å². The van der Waals surface area contributed by atoms with Gasteiger partial charge in [-0.1, -0.05) is 59.6 Å². The molecule has 0 amide bonds. The average molecular weight is 325 g/mol. The molecule has 23 heavy (non-hydrogen) atoms. The van der Waals surface area contributed by atoms with E-state index >= 15 is 0 Å². The minimum Gasteiger partial charge on any atom is -0.487 e. The monoisotopic (exact) mass is 324 g/mol. The van der Waals surface area contributed by atoms with Gasteiger partial charge in [0.05, 0.1) is 5.02 Å². The zero-order valence-corrected chi connectivity index (χ0v) is 13.6. The highest BCUT2D eigenvalue weighted by Gasteiger charge is 2.06. The van der Waals surface area contributed by atoms with E-state index in [0.29, 0.717) is 23.1 Å². The van der Waals surface area contributed by atoms with Gasteiger partial charge in [0.25, 0.3) is 0 Å². The second-order valence-corrected chi connectivity index (χ2v) is 5.69. The Kier molecular flexibility index (Phi) is 4.84. The summed E-state index contributed by atoms with van der Waals surface area (Å²) in [5.74, 6) is 2.08. The van der Waals surface area contributed by atoms with E-state index < -0.39 is 0 Å². The van der Waals surface area contributed by atoms with Gasteiger partial charge in [0.1, 0.15) is 23.9 Å². The number of hydrogen-bond donors (Lipinski definition) is 0. The van der Waals surface area contributed by atoms with Crippen LogP contribution in [0.15, 0.2) is 72.8 Å². The van der Waals surface area contributed by atoms with Crippen LogP contribution in [0.5, 0.6) is 17.2 Å². The maximum absolute atomic E-state index is 6.21. The van der Waals surface area contributed by atoms with Gasteiger partial charge in [-0.2, -0.15) is 0 Å². The zero-order chi connectivity index (χ0) is 16.1. The van der Waals surface area contributed by atoms with Crippen LogP contribution in [0.2, 0.25) is 5.02 Å². The molecule has 2 nitrogen and oxygen atoms in total. The van der Waals surface area contributed by atoms with Crippen molar-refractivity contribution in [1.29, 1.82) is 0 Å². The van der Waals surface area contributed by atoms with Crippen LogP contribution in [0.3, 0.4) is 0 Å². The molecule has 3 rings (SSSR count). The maximum Gasteiger partial charge on any atom is 0.142 e. The summed E-state index contributed by atoms with van der Waals surface area (Å²) < 4.78 is 11.6. The van der Waals surface area contributed by atoms with Gasteiger partial charge < -0.3 is 9.47 Å². The molecule has 0 aliphatic rings. The van der Waals surface area contributed by atoms with Gasteiger partial charge in [-0.3, -0.25) is 0 Å². The Labute approximate surface area is 141 Å². The van der Waals surface area contributed by atoms with E-state index in [1.54, 1.807) is 6.07 Å². The number of benzene rings is 3. The molecule has 0 saturated carbocycles. The minimum atomic E-state index is 0.467. The number of hydrogen-bond acceptors (Lipinski definition) is 2. The number of halogens is 1. The van der Waals surface area contributed by atoms with Crippen molar-refractivity contribution in [2.24, 2.45) is 0 Å². The number of para-hydroxylation sites is 1. The van der Waals surface area contributed by atoms with E-state index in [-0.39, 0.29) is 0 Å². The lowest BCUT2D eigenvalue weighted by Crippen LogP contribution is -1.96. The first-order chi connectivity index (χ1) is 11.2. The fraction of sp³-hybridized carbons (Fsp3) is 0.100. The molecule has 0 spiro atoms. The standard InChI is InChI=1S/C20H17ClO2/c1-15-7-9-16(10-8-15)14-22-20-13-18(11-12-19(20)21)23-17-5-3-2-4-6-17/h2-13H,14H2,1H3. The van der Waals surface area contributed by atoms with Crippen molar-refractivity contribution in [3.8, 4) is 17.2 Å². The normalized spacial score (nSPS) is 10.3. The van der Waals surface area contributed by atoms with Crippen molar-refractivity contribution in [3.05, 3.63) is 88.9 Å². The van der Waals surface area contributed by atoms with Crippen molar-refractivity contribution in [3.63, 3.8) is 0 Å². The third kappa shape index (κ3) is 4.27. The highest BCUT2D eigenvalue weighted by molar-refractivity contribution is 6.32. The van der Waals surface area contributed by atoms with E-state index in [1.165, 1.54) is 5.56 Å². The van der Waals surface area contributed by atoms with Crippen LogP contribution in [-0.4, -0.2) is 0 Å². The molecule has 0 atom stereocenters. The van der Waals surface area contributed by atoms with E-state index in [2.05, 4.69) is 19.1 Å². The quantitative estimate of drug-likeness (QED) is 0.571. The summed E-state index contributed by atoms with van der Waals surface area (Å²) in [6.45, 7) is 2.53. The van der Waals surface area contributed by atoms with Crippen molar-refractivity contribution in [1.82, 2.24) is 0 Å². The van der Waals surface area contributed by atoms with Crippen LogP contribution in [-0.2, 0) is 6.61 Å². The Hall–Kier alpha value is -2.45. The molecule has 116 valence electrons. The summed E-state index contributed by atoms with van der Waals surface area (Å²) in [4.78, 5) is 0. The Bertz CT molecular complexity index is 767. The zero-order valence-electron chi connectivity index (χ0n) is 12.8. The molecule has 0 N–H and O–H groups in total. The van der Waals surface area contributed by atoms with Gasteiger partial charge in [-0.25, -0.2) is 0 Å². The molecule has 0 saturated heterocycles. The lowest BCUT2D eigenvalue weighted by molar-refractivity contribution is 0.305. The van der Waals surface area contributed by atoms with Crippen LogP contribution in [0.25, 0.3) is 0 Å². The molecular formula is C20H17ClO2. The van der Waals surface area contributed by atoms with Crippen LogP contribution in [0.1, 0.15) is 11.1 Å². The summed E-state index contributed by atoms with van der Waals surface area (Å²) in [6.07, 6.45) is 0. The topological polar surface area (TPSA) is 18.5 Å². The number of rotatable bonds is 5. The van der Waals surface area contributed by atoms with Gasteiger partial charge in [-0.05, 0) is 36.8 Å². The lowest BCUT2D eigenvalue weighted by Gasteiger charge is -2.11. The van der Waals surface area contributed by atoms with Crippen molar-refractivity contribution >= 4 is 11.6 Å². The summed E-state index contributed by atoms with van der Waals surface area (Å²) in [5, 5.41) is 0.567. The van der Waals surface area contributed by atoms with E-state index in [9.17, 15) is 0 Å². The molecule has 3 heteroatoms. The Morgan fingerprint density at radius 2 is 1.57 bits per heavy atom. The highest BCUT2D eigenvalue weighted by atomic mass is 35.5. The summed E-state index contributed by atoms with van der Waals surface area (Å²) in [5.41, 5.74) is 2.33. The van der Waals surface area contributed by atoms with Crippen molar-refractivity contribution in [2.75, 3.05) is 0 Å². The lowest BCUT2D eigenvalue weighted by atomic mass is 10.2. The predicted octanol–water partition coefficient (Wildman–Crippen LogP) is 6.02. The number of ether oxygens (including phenoxy) is 2. The molecule has 0 radical (unpaired) electrons. The molecule has 0 bridgehead atoms. The smallest absolute Gasteiger partial charge is 0.142 e. The molecule has 0 fully saturated rings. The van der Waals surface area contributed by atoms with Crippen LogP contribution in [0.4, 0.5) is 0 Å². The maximum atomic E-state index is 6.21. The molecule has 0 unspecified atom stereocenters. The van der Waals surface area contributed by atoms with Crippen molar-refractivity contribution in [2.45, 2.75) is 13.5 Å². The van der Waals surface area contributed by atoms with E-state index in [0.717, 1.165) is 11.3 Å². The van der Waals surface area contributed by atoms with E-state index in [1.807, 2.05) is 54.6 Å². The second-order valence-electron chi connectivity index (χ2n) is 5.28. The molecule has 0 heterocycles. The fourth-order valence-electron chi connectivity index (χ4n) is 2.13. The van der Waals surface area contributed by atoms with Gasteiger partial charge in [0.2, 0.25) is 0 Å². The Morgan fingerprint density at radius 1 is 0.826 bits per heavy atom. The minimum absolute atomic E-state index is 0.467. The summed E-state index contributed by atoms with van der Waals surface area (Å²) in [7, 11) is 0. The molecule has 3 aromatic carbocycles. The Morgan fingerprint density at radius 3 is 2.30 bits per heavy atom. The second kappa shape index (κ2) is 7.21. The van der Waals surface area contributed by atoms with Crippen LogP contribution < -0.4 is 9.47 Å². The SMILES string of the molecule is Cc1ccc(COc2cc(Oc3ccccc3)ccc2Cl)cc1. The fourth-order valence-corrected chi connectivity index (χ4v) is 2.30. The first kappa shape index (κ1) is 15.4. The highest BCUT2D eigenvalue weighted by Crippen LogP contribution is 2.32. The summed E-state index contributed by atoms with van der Waals surface area (Å²) >= 11 is 6.21. The van der Waals surface area contributed by atoms with Gasteiger partial charge >= 0.3 is 0 Å². The predicted molar refractivity (Wildman–Crippen MR) is 93.5 cm³/mol. The van der Waals surface area contributed by atoms with E-state index in [4.69, 9.17) is 21.1 Å².